The Hall–Kier alpha value is -1.80. The lowest BCUT2D eigenvalue weighted by Crippen LogP contribution is -3.00. The van der Waals surface area contributed by atoms with Gasteiger partial charge in [0.25, 0.3) is 0 Å². The molecular weight excluding hydrogens is 258 g/mol. The molecule has 100 valence electrons. The third kappa shape index (κ3) is 4.42. The van der Waals surface area contributed by atoms with Gasteiger partial charge in [0.1, 0.15) is 0 Å². The molecular formula is C16H18ClNO. The van der Waals surface area contributed by atoms with Gasteiger partial charge in [0.15, 0.2) is 0 Å². The molecule has 2 rings (SSSR count). The summed E-state index contributed by atoms with van der Waals surface area (Å²) in [6.45, 7) is 2.55. The number of hydrogen-bond donors (Lipinski definition) is 1. The largest absolute Gasteiger partial charge is 1.00 e. The minimum absolute atomic E-state index is 0. The number of ether oxygens (including phenoxy) is 1. The number of benzene rings is 2. The van der Waals surface area contributed by atoms with Crippen molar-refractivity contribution in [2.24, 2.45) is 0 Å². The Balaban J connectivity index is 0.00000180. The van der Waals surface area contributed by atoms with Crippen LogP contribution < -0.4 is 17.8 Å². The minimum Gasteiger partial charge on any atom is -1.00 e. The fourth-order valence-corrected chi connectivity index (χ4v) is 1.88. The van der Waals surface area contributed by atoms with Gasteiger partial charge in [-0.15, -0.1) is 0 Å². The molecule has 0 radical (unpaired) electrons. The van der Waals surface area contributed by atoms with Crippen molar-refractivity contribution in [1.82, 2.24) is 0 Å². The van der Waals surface area contributed by atoms with E-state index in [2.05, 4.69) is 36.4 Å². The predicted octanol–water partition coefficient (Wildman–Crippen LogP) is -0.906. The molecule has 2 aromatic rings. The molecule has 19 heavy (non-hydrogen) atoms. The minimum atomic E-state index is 0. The summed E-state index contributed by atoms with van der Waals surface area (Å²) >= 11 is 0. The van der Waals surface area contributed by atoms with Gasteiger partial charge in [-0.05, 0) is 23.6 Å². The molecule has 0 saturated heterocycles. The van der Waals surface area contributed by atoms with Gasteiger partial charge < -0.3 is 17.1 Å². The molecule has 0 unspecified atom stereocenters. The van der Waals surface area contributed by atoms with Crippen LogP contribution in [0.4, 0.5) is 0 Å². The monoisotopic (exact) mass is 275 g/mol. The maximum atomic E-state index is 5.76. The van der Waals surface area contributed by atoms with Crippen LogP contribution in [0.25, 0.3) is 11.1 Å². The molecule has 2 nitrogen and oxygen atoms in total. The van der Waals surface area contributed by atoms with E-state index in [0.717, 1.165) is 0 Å². The first-order valence-corrected chi connectivity index (χ1v) is 6.18. The summed E-state index contributed by atoms with van der Waals surface area (Å²) in [6, 6.07) is 18.7. The van der Waals surface area contributed by atoms with Gasteiger partial charge in [0, 0.05) is 0 Å². The lowest BCUT2D eigenvalue weighted by Gasteiger charge is -2.04. The maximum absolute atomic E-state index is 5.76. The molecule has 3 heteroatoms. The molecule has 0 aliphatic rings. The second-order valence-corrected chi connectivity index (χ2v) is 4.14. The molecule has 2 aromatic carbocycles. The Morgan fingerprint density at radius 1 is 0.947 bits per heavy atom. The van der Waals surface area contributed by atoms with Gasteiger partial charge in [-0.2, -0.15) is 0 Å². The van der Waals surface area contributed by atoms with Gasteiger partial charge in [0.2, 0.25) is 0 Å². The van der Waals surface area contributed by atoms with E-state index < -0.39 is 0 Å². The third-order valence-corrected chi connectivity index (χ3v) is 2.77. The zero-order valence-electron chi connectivity index (χ0n) is 11.0. The number of nitrogens with two attached hydrogens (primary N) is 1. The number of rotatable bonds is 4. The molecule has 0 aromatic heterocycles. The molecule has 0 saturated carbocycles. The summed E-state index contributed by atoms with van der Waals surface area (Å²) in [6.07, 6.45) is 0.670. The van der Waals surface area contributed by atoms with Crippen molar-refractivity contribution in [3.05, 3.63) is 60.2 Å². The van der Waals surface area contributed by atoms with E-state index in [1.54, 1.807) is 0 Å². The van der Waals surface area contributed by atoms with Crippen molar-refractivity contribution in [2.45, 2.75) is 13.3 Å². The Kier molecular flexibility index (Phi) is 6.10. The Morgan fingerprint density at radius 3 is 2.11 bits per heavy atom. The van der Waals surface area contributed by atoms with Crippen LogP contribution in [0.15, 0.2) is 54.6 Å². The third-order valence-electron chi connectivity index (χ3n) is 2.77. The first-order valence-electron chi connectivity index (χ1n) is 6.18. The highest BCUT2D eigenvalue weighted by atomic mass is 35.5. The summed E-state index contributed by atoms with van der Waals surface area (Å²) in [5, 5.41) is 5.76. The molecule has 0 heterocycles. The smallest absolute Gasteiger partial charge is 0.337 e. The molecule has 0 aliphatic heterocycles. The summed E-state index contributed by atoms with van der Waals surface area (Å²) in [5.41, 5.74) is 3.61. The summed E-state index contributed by atoms with van der Waals surface area (Å²) in [5.74, 6) is 0.574. The first-order chi connectivity index (χ1) is 8.79. The average Bonchev–Trinajstić information content (AvgIpc) is 2.41. The molecule has 0 atom stereocenters. The topological polar surface area (TPSA) is 34.8 Å². The van der Waals surface area contributed by atoms with Crippen molar-refractivity contribution in [3.63, 3.8) is 0 Å². The van der Waals surface area contributed by atoms with Crippen LogP contribution in [0, 0.1) is 0 Å². The van der Waals surface area contributed by atoms with Crippen LogP contribution in [0.2, 0.25) is 0 Å². The summed E-state index contributed by atoms with van der Waals surface area (Å²) in [7, 11) is 0. The van der Waals surface area contributed by atoms with Crippen LogP contribution in [-0.2, 0) is 11.2 Å². The predicted molar refractivity (Wildman–Crippen MR) is 74.1 cm³/mol. The van der Waals surface area contributed by atoms with E-state index in [9.17, 15) is 0 Å². The quantitative estimate of drug-likeness (QED) is 0.569. The van der Waals surface area contributed by atoms with Gasteiger partial charge in [-0.1, -0.05) is 54.6 Å². The van der Waals surface area contributed by atoms with Crippen molar-refractivity contribution in [1.29, 1.82) is 0 Å². The molecule has 0 amide bonds. The lowest BCUT2D eigenvalue weighted by molar-refractivity contribution is -0.142. The van der Waals surface area contributed by atoms with E-state index in [1.807, 2.05) is 25.1 Å². The van der Waals surface area contributed by atoms with Crippen molar-refractivity contribution < 1.29 is 22.6 Å². The summed E-state index contributed by atoms with van der Waals surface area (Å²) < 4.78 is 5.26. The maximum Gasteiger partial charge on any atom is 0.337 e. The fourth-order valence-electron chi connectivity index (χ4n) is 1.88. The molecule has 0 spiro atoms. The second kappa shape index (κ2) is 7.59. The van der Waals surface area contributed by atoms with Gasteiger partial charge in [0.05, 0.1) is 13.0 Å². The first kappa shape index (κ1) is 15.3. The number of halogens is 1. The van der Waals surface area contributed by atoms with Crippen LogP contribution in [0.3, 0.4) is 0 Å². The lowest BCUT2D eigenvalue weighted by atomic mass is 10.0. The summed E-state index contributed by atoms with van der Waals surface area (Å²) in [4.78, 5) is 0. The van der Waals surface area contributed by atoms with Crippen molar-refractivity contribution in [2.75, 3.05) is 6.61 Å². The van der Waals surface area contributed by atoms with E-state index in [-0.39, 0.29) is 12.4 Å². The SMILES string of the molecule is CCOC(=[NH2+])Cc1ccc(-c2ccccc2)cc1.[Cl-]. The van der Waals surface area contributed by atoms with Crippen LogP contribution in [0.5, 0.6) is 0 Å². The molecule has 2 N–H and O–H groups in total. The Labute approximate surface area is 120 Å². The highest BCUT2D eigenvalue weighted by Crippen LogP contribution is 2.19. The van der Waals surface area contributed by atoms with Crippen molar-refractivity contribution >= 4 is 5.90 Å². The van der Waals surface area contributed by atoms with E-state index >= 15 is 0 Å². The Morgan fingerprint density at radius 2 is 1.53 bits per heavy atom. The number of hydrogen-bond acceptors (Lipinski definition) is 1. The van der Waals surface area contributed by atoms with E-state index in [1.165, 1.54) is 16.7 Å². The van der Waals surface area contributed by atoms with Crippen LogP contribution in [-0.4, -0.2) is 12.5 Å². The van der Waals surface area contributed by atoms with Crippen molar-refractivity contribution in [3.8, 4) is 11.1 Å². The Bertz CT molecular complexity index is 508. The molecule has 0 fully saturated rings. The van der Waals surface area contributed by atoms with Gasteiger partial charge in [-0.25, -0.2) is 5.41 Å². The van der Waals surface area contributed by atoms with Crippen LogP contribution in [0.1, 0.15) is 12.5 Å². The highest BCUT2D eigenvalue weighted by Gasteiger charge is 2.05. The van der Waals surface area contributed by atoms with Crippen LogP contribution >= 0.6 is 0 Å². The van der Waals surface area contributed by atoms with E-state index in [0.29, 0.717) is 18.9 Å². The zero-order chi connectivity index (χ0) is 12.8. The zero-order valence-corrected chi connectivity index (χ0v) is 11.7. The second-order valence-electron chi connectivity index (χ2n) is 4.14. The van der Waals surface area contributed by atoms with Gasteiger partial charge in [-0.3, -0.25) is 0 Å². The molecule has 0 aliphatic carbocycles. The standard InChI is InChI=1S/C16H17NO.ClH/c1-2-18-16(17)12-13-8-10-15(11-9-13)14-6-4-3-5-7-14;/h3-11,17H,2,12H2,1H3;1H. The normalized spacial score (nSPS) is 9.53. The molecule has 0 bridgehead atoms. The fraction of sp³-hybridized carbons (Fsp3) is 0.188. The van der Waals surface area contributed by atoms with Gasteiger partial charge >= 0.3 is 5.90 Å². The van der Waals surface area contributed by atoms with E-state index in [4.69, 9.17) is 10.1 Å². The highest BCUT2D eigenvalue weighted by molar-refractivity contribution is 5.73. The average molecular weight is 276 g/mol.